The number of fused-ring (bicyclic) bond motifs is 2. The number of ether oxygens (including phenoxy) is 1. The number of carbonyl (C=O) groups excluding carboxylic acids is 1. The molecule has 3 aromatic heterocycles. The largest absolute Gasteiger partial charge is 0.499 e. The van der Waals surface area contributed by atoms with Crippen LogP contribution in [0.3, 0.4) is 0 Å². The van der Waals surface area contributed by atoms with Crippen LogP contribution in [0, 0.1) is 0 Å². The second kappa shape index (κ2) is 18.2. The minimum atomic E-state index is -0.721. The van der Waals surface area contributed by atoms with Crippen molar-refractivity contribution in [1.29, 1.82) is 0 Å². The van der Waals surface area contributed by atoms with Crippen molar-refractivity contribution in [2.75, 3.05) is 57.9 Å². The summed E-state index contributed by atoms with van der Waals surface area (Å²) in [5.41, 5.74) is 5.35. The predicted molar refractivity (Wildman–Crippen MR) is 196 cm³/mol. The molecule has 0 bridgehead atoms. The van der Waals surface area contributed by atoms with Crippen LogP contribution in [0.5, 0.6) is 0 Å². The van der Waals surface area contributed by atoms with Crippen molar-refractivity contribution in [2.45, 2.75) is 26.9 Å². The average molecular weight is 691 g/mol. The molecule has 0 saturated carbocycles. The Kier molecular flexibility index (Phi) is 13.8. The summed E-state index contributed by atoms with van der Waals surface area (Å²) in [6.45, 7) is 16.7. The van der Waals surface area contributed by atoms with E-state index in [2.05, 4.69) is 59.0 Å². The minimum absolute atomic E-state index is 0.0615. The van der Waals surface area contributed by atoms with Gasteiger partial charge in [-0.3, -0.25) is 9.48 Å². The highest BCUT2D eigenvalue weighted by molar-refractivity contribution is 7.17. The first-order valence-electron chi connectivity index (χ1n) is 16.3. The maximum Gasteiger partial charge on any atom is 0.246 e. The van der Waals surface area contributed by atoms with Crippen LogP contribution in [0.15, 0.2) is 85.5 Å². The van der Waals surface area contributed by atoms with E-state index in [-0.39, 0.29) is 18.8 Å². The molecule has 12 heteroatoms. The van der Waals surface area contributed by atoms with Crippen LogP contribution in [0.25, 0.3) is 38.8 Å². The van der Waals surface area contributed by atoms with Crippen molar-refractivity contribution in [1.82, 2.24) is 24.6 Å². The summed E-state index contributed by atoms with van der Waals surface area (Å²) in [4.78, 5) is 23.7. The smallest absolute Gasteiger partial charge is 0.246 e. The van der Waals surface area contributed by atoms with E-state index in [1.807, 2.05) is 36.0 Å². The summed E-state index contributed by atoms with van der Waals surface area (Å²) < 4.78 is 34.8. The number of piperazine rings is 1. The molecule has 4 aromatic rings. The third-order valence-electron chi connectivity index (χ3n) is 8.01. The molecule has 0 aliphatic carbocycles. The van der Waals surface area contributed by atoms with Crippen LogP contribution < -0.4 is 4.90 Å². The van der Waals surface area contributed by atoms with Gasteiger partial charge < -0.3 is 24.5 Å². The van der Waals surface area contributed by atoms with Crippen molar-refractivity contribution in [3.05, 3.63) is 96.8 Å². The second-order valence-electron chi connectivity index (χ2n) is 11.0. The lowest BCUT2D eigenvalue weighted by atomic mass is 10.0. The molecular formula is C37H44F2N6O3S. The molecule has 49 heavy (non-hydrogen) atoms. The Morgan fingerprint density at radius 3 is 2.43 bits per heavy atom. The molecular weight excluding hydrogens is 647 g/mol. The van der Waals surface area contributed by atoms with Gasteiger partial charge in [0.25, 0.3) is 0 Å². The van der Waals surface area contributed by atoms with Crippen LogP contribution in [-0.4, -0.2) is 88.6 Å². The molecule has 9 nitrogen and oxygen atoms in total. The number of hydrogen-bond donors (Lipinski definition) is 1. The Balaban J connectivity index is 0.000000612. The van der Waals surface area contributed by atoms with Gasteiger partial charge in [0.15, 0.2) is 0 Å². The van der Waals surface area contributed by atoms with E-state index in [0.29, 0.717) is 43.2 Å². The van der Waals surface area contributed by atoms with Crippen molar-refractivity contribution in [2.24, 2.45) is 0 Å². The Hall–Kier alpha value is -4.65. The van der Waals surface area contributed by atoms with E-state index >= 15 is 0 Å². The van der Waals surface area contributed by atoms with Crippen LogP contribution in [0.1, 0.15) is 25.1 Å². The van der Waals surface area contributed by atoms with Crippen LogP contribution >= 0.6 is 11.3 Å². The van der Waals surface area contributed by atoms with E-state index in [4.69, 9.17) is 15.2 Å². The molecule has 1 fully saturated rings. The number of anilines is 1. The number of hydrogen-bond acceptors (Lipinski definition) is 8. The van der Waals surface area contributed by atoms with Gasteiger partial charge in [-0.05, 0) is 48.8 Å². The number of allylic oxidation sites excluding steroid dienone is 2. The van der Waals surface area contributed by atoms with Gasteiger partial charge in [0.2, 0.25) is 5.91 Å². The molecule has 0 atom stereocenters. The number of nitrogens with zero attached hydrogens (tertiary/aromatic N) is 6. The zero-order chi connectivity index (χ0) is 35.3. The molecule has 0 unspecified atom stereocenters. The molecule has 1 aromatic carbocycles. The van der Waals surface area contributed by atoms with E-state index in [0.717, 1.165) is 59.3 Å². The van der Waals surface area contributed by atoms with E-state index < -0.39 is 5.83 Å². The van der Waals surface area contributed by atoms with Crippen molar-refractivity contribution < 1.29 is 23.4 Å². The predicted octanol–water partition coefficient (Wildman–Crippen LogP) is 7.07. The van der Waals surface area contributed by atoms with Crippen LogP contribution in [-0.2, 0) is 22.6 Å². The van der Waals surface area contributed by atoms with Gasteiger partial charge in [-0.25, -0.2) is 13.8 Å². The summed E-state index contributed by atoms with van der Waals surface area (Å²) in [7, 11) is 2.14. The normalized spacial score (nSPS) is 14.9. The second-order valence-corrected chi connectivity index (χ2v) is 11.9. The summed E-state index contributed by atoms with van der Waals surface area (Å²) in [6, 6.07) is 12.3. The molecule has 5 heterocycles. The first kappa shape index (κ1) is 37.2. The Morgan fingerprint density at radius 1 is 1.06 bits per heavy atom. The van der Waals surface area contributed by atoms with Gasteiger partial charge in [0.1, 0.15) is 23.8 Å². The Bertz CT molecular complexity index is 1770. The monoisotopic (exact) mass is 690 g/mol. The fraction of sp³-hybridized carbons (Fsp3) is 0.324. The highest BCUT2D eigenvalue weighted by Gasteiger charge is 2.24. The van der Waals surface area contributed by atoms with Gasteiger partial charge in [-0.2, -0.15) is 5.10 Å². The number of aliphatic hydroxyl groups is 1. The average Bonchev–Trinajstić information content (AvgIpc) is 3.80. The van der Waals surface area contributed by atoms with Crippen LogP contribution in [0.2, 0.25) is 0 Å². The lowest BCUT2D eigenvalue weighted by Crippen LogP contribution is -2.44. The topological polar surface area (TPSA) is 87.0 Å². The maximum atomic E-state index is 14.7. The number of benzene rings is 1. The third-order valence-corrected chi connectivity index (χ3v) is 8.96. The first-order valence-corrected chi connectivity index (χ1v) is 17.2. The van der Waals surface area contributed by atoms with E-state index in [1.54, 1.807) is 4.90 Å². The quantitative estimate of drug-likeness (QED) is 0.0871. The van der Waals surface area contributed by atoms with Gasteiger partial charge in [-0.15, -0.1) is 11.3 Å². The summed E-state index contributed by atoms with van der Waals surface area (Å²) in [5.74, 6) is -0.857. The molecule has 0 spiro atoms. The molecule has 260 valence electrons. The van der Waals surface area contributed by atoms with E-state index in [1.165, 1.54) is 35.4 Å². The number of aliphatic hydroxyl groups excluding tert-OH is 1. The molecule has 1 amide bonds. The fourth-order valence-electron chi connectivity index (χ4n) is 5.57. The van der Waals surface area contributed by atoms with Crippen LogP contribution in [0.4, 0.5) is 14.5 Å². The molecule has 1 saturated heterocycles. The number of rotatable bonds is 9. The molecule has 2 aliphatic rings. The molecule has 6 rings (SSSR count). The third kappa shape index (κ3) is 9.08. The Morgan fingerprint density at radius 2 is 1.80 bits per heavy atom. The number of pyridine rings is 1. The van der Waals surface area contributed by atoms with Crippen molar-refractivity contribution in [3.63, 3.8) is 0 Å². The summed E-state index contributed by atoms with van der Waals surface area (Å²) >= 11 is 1.48. The number of likely N-dealkylation sites (N-methyl/N-ethyl adjacent to an activating group) is 1. The van der Waals surface area contributed by atoms with Gasteiger partial charge in [0.05, 0.1) is 43.7 Å². The van der Waals surface area contributed by atoms with Gasteiger partial charge in [0, 0.05) is 65.7 Å². The number of halogens is 2. The number of aromatic nitrogens is 3. The lowest BCUT2D eigenvalue weighted by molar-refractivity contribution is -0.127. The zero-order valence-corrected chi connectivity index (χ0v) is 29.1. The Labute approximate surface area is 290 Å². The van der Waals surface area contributed by atoms with Crippen molar-refractivity contribution >= 4 is 39.1 Å². The number of amides is 1. The highest BCUT2D eigenvalue weighted by atomic mass is 32.1. The van der Waals surface area contributed by atoms with Gasteiger partial charge in [-0.1, -0.05) is 39.1 Å². The standard InChI is InChI=1S/C31H30F2N6OS.C4H8O2.C2H6/c1-3-28(40)38-15-16-39-24(20-38)19-27(35-39)30-26(18-22(33)8-10-32)31-25(9-17-41-31)29(34-30)21-4-6-23(7-5-21)37-13-11-36(2)12-14-37;1-2-6-4-3-5;1-2/h3-10,17-19H,1,11-16,20H2,2H3;2,5H,1,3-4H2;1-2H3/b10-8+,22-18?;;. The first-order chi connectivity index (χ1) is 23.9. The maximum absolute atomic E-state index is 14.7. The van der Waals surface area contributed by atoms with Crippen molar-refractivity contribution in [3.8, 4) is 22.6 Å². The fourth-order valence-corrected chi connectivity index (χ4v) is 6.48. The minimum Gasteiger partial charge on any atom is -0.499 e. The van der Waals surface area contributed by atoms with Gasteiger partial charge >= 0.3 is 0 Å². The molecule has 0 radical (unpaired) electrons. The molecule has 1 N–H and O–H groups in total. The lowest BCUT2D eigenvalue weighted by Gasteiger charge is -2.34. The molecule has 2 aliphatic heterocycles. The SMILES string of the molecule is C=CC(=O)N1CCn2nc(-c3nc(-c4ccc(N5CCN(C)CC5)cc4)c4ccsc4c3C=C(F)/C=C/F)cc2C1.C=COCCO.CC. The van der Waals surface area contributed by atoms with E-state index in [9.17, 15) is 13.6 Å². The summed E-state index contributed by atoms with van der Waals surface area (Å²) in [5, 5.41) is 15.7. The summed E-state index contributed by atoms with van der Waals surface area (Å²) in [6.07, 6.45) is 4.89. The zero-order valence-electron chi connectivity index (χ0n) is 28.3. The number of carbonyl (C=O) groups is 1. The number of thiophene rings is 1. The highest BCUT2D eigenvalue weighted by Crippen LogP contribution is 2.39.